The van der Waals surface area contributed by atoms with Crippen molar-refractivity contribution in [3.05, 3.63) is 0 Å². The van der Waals surface area contributed by atoms with Crippen LogP contribution in [0, 0.1) is 0 Å². The molecule has 0 aromatic rings. The first kappa shape index (κ1) is 19.7. The third kappa shape index (κ3) is 5.70. The fraction of sp³-hybridized carbons (Fsp3) is 0.833. The van der Waals surface area contributed by atoms with Crippen LogP contribution >= 0.6 is 0 Å². The molecule has 2 fully saturated rings. The highest BCUT2D eigenvalue weighted by molar-refractivity contribution is 5.95. The Kier molecular flexibility index (Phi) is 6.43. The molecule has 7 heteroatoms. The zero-order valence-corrected chi connectivity index (χ0v) is 15.6. The van der Waals surface area contributed by atoms with Gasteiger partial charge in [0.15, 0.2) is 5.78 Å². The maximum atomic E-state index is 13.0. The van der Waals surface area contributed by atoms with E-state index < -0.39 is 23.3 Å². The quantitative estimate of drug-likeness (QED) is 0.717. The Hall–Kier alpha value is -1.63. The molecule has 7 nitrogen and oxygen atoms in total. The van der Waals surface area contributed by atoms with Crippen molar-refractivity contribution >= 4 is 17.8 Å². The van der Waals surface area contributed by atoms with Crippen LogP contribution in [0.15, 0.2) is 0 Å². The summed E-state index contributed by atoms with van der Waals surface area (Å²) in [5, 5.41) is 8.75. The number of alkyl carbamates (subject to hydrolysis) is 1. The molecular formula is C18H31N3O4. The van der Waals surface area contributed by atoms with Gasteiger partial charge in [-0.25, -0.2) is 4.79 Å². The van der Waals surface area contributed by atoms with Gasteiger partial charge < -0.3 is 20.7 Å². The van der Waals surface area contributed by atoms with Gasteiger partial charge in [-0.2, -0.15) is 0 Å². The minimum Gasteiger partial charge on any atom is -0.444 e. The Balaban J connectivity index is 2.08. The monoisotopic (exact) mass is 353 g/mol. The molecule has 3 N–H and O–H groups in total. The van der Waals surface area contributed by atoms with E-state index in [4.69, 9.17) is 4.74 Å². The molecule has 2 rings (SSSR count). The molecule has 0 aromatic heterocycles. The lowest BCUT2D eigenvalue weighted by atomic mass is 9.80. The first-order valence-electron chi connectivity index (χ1n) is 9.27. The molecule has 1 aliphatic carbocycles. The average molecular weight is 353 g/mol. The summed E-state index contributed by atoms with van der Waals surface area (Å²) in [4.78, 5) is 37.4. The largest absolute Gasteiger partial charge is 0.444 e. The van der Waals surface area contributed by atoms with Crippen LogP contribution in [-0.2, 0) is 14.3 Å². The Morgan fingerprint density at radius 3 is 2.48 bits per heavy atom. The Labute approximate surface area is 149 Å². The number of carbonyl (C=O) groups is 3. The lowest BCUT2D eigenvalue weighted by molar-refractivity contribution is -0.133. The summed E-state index contributed by atoms with van der Waals surface area (Å²) < 4.78 is 5.34. The van der Waals surface area contributed by atoms with Crippen molar-refractivity contribution in [3.63, 3.8) is 0 Å². The lowest BCUT2D eigenvalue weighted by Gasteiger charge is -2.37. The van der Waals surface area contributed by atoms with E-state index in [9.17, 15) is 14.4 Å². The first-order valence-corrected chi connectivity index (χ1v) is 9.27. The molecule has 1 atom stereocenters. The summed E-state index contributed by atoms with van der Waals surface area (Å²) in [6.07, 6.45) is 4.78. The molecule has 25 heavy (non-hydrogen) atoms. The van der Waals surface area contributed by atoms with Gasteiger partial charge in [-0.3, -0.25) is 9.59 Å². The van der Waals surface area contributed by atoms with Crippen molar-refractivity contribution < 1.29 is 19.1 Å². The molecule has 1 unspecified atom stereocenters. The van der Waals surface area contributed by atoms with Gasteiger partial charge in [-0.15, -0.1) is 0 Å². The highest BCUT2D eigenvalue weighted by atomic mass is 16.6. The maximum Gasteiger partial charge on any atom is 0.408 e. The first-order chi connectivity index (χ1) is 11.7. The molecule has 142 valence electrons. The number of ketones is 1. The summed E-state index contributed by atoms with van der Waals surface area (Å²) in [6, 6.07) is -0.485. The molecular weight excluding hydrogens is 322 g/mol. The summed E-state index contributed by atoms with van der Waals surface area (Å²) in [5.41, 5.74) is -1.61. The Morgan fingerprint density at radius 2 is 1.84 bits per heavy atom. The van der Waals surface area contributed by atoms with Crippen molar-refractivity contribution in [1.29, 1.82) is 0 Å². The summed E-state index contributed by atoms with van der Waals surface area (Å²) in [7, 11) is 0. The molecule has 1 saturated carbocycles. The SMILES string of the molecule is CC(C)(C)OC(=O)NC1(C(=O)NC2CCCNCC2=O)CCCCC1. The van der Waals surface area contributed by atoms with Gasteiger partial charge in [0, 0.05) is 0 Å². The van der Waals surface area contributed by atoms with Crippen molar-refractivity contribution in [2.24, 2.45) is 0 Å². The number of hydrogen-bond donors (Lipinski definition) is 3. The van der Waals surface area contributed by atoms with E-state index >= 15 is 0 Å². The second kappa shape index (κ2) is 8.17. The van der Waals surface area contributed by atoms with E-state index in [2.05, 4.69) is 16.0 Å². The van der Waals surface area contributed by atoms with E-state index in [0.29, 0.717) is 19.3 Å². The number of ether oxygens (including phenoxy) is 1. The second-order valence-corrected chi connectivity index (χ2v) is 8.08. The number of hydrogen-bond acceptors (Lipinski definition) is 5. The van der Waals surface area contributed by atoms with Crippen LogP contribution in [0.5, 0.6) is 0 Å². The standard InChI is InChI=1S/C18H31N3O4/c1-17(2,3)25-16(24)21-18(9-5-4-6-10-18)15(23)20-13-8-7-11-19-12-14(13)22/h13,19H,4-12H2,1-3H3,(H,20,23)(H,21,24). The molecule has 0 bridgehead atoms. The third-order valence-corrected chi connectivity index (χ3v) is 4.72. The molecule has 2 aliphatic rings. The predicted molar refractivity (Wildman–Crippen MR) is 94.2 cm³/mol. The molecule has 2 amide bonds. The number of carbonyl (C=O) groups excluding carboxylic acids is 3. The highest BCUT2D eigenvalue weighted by Crippen LogP contribution is 2.29. The van der Waals surface area contributed by atoms with Gasteiger partial charge in [0.2, 0.25) is 5.91 Å². The van der Waals surface area contributed by atoms with Gasteiger partial charge in [0.1, 0.15) is 11.1 Å². The van der Waals surface area contributed by atoms with Crippen molar-refractivity contribution in [1.82, 2.24) is 16.0 Å². The summed E-state index contributed by atoms with van der Waals surface area (Å²) >= 11 is 0. The van der Waals surface area contributed by atoms with Crippen molar-refractivity contribution in [2.75, 3.05) is 13.1 Å². The lowest BCUT2D eigenvalue weighted by Crippen LogP contribution is -2.62. The van der Waals surface area contributed by atoms with Crippen molar-refractivity contribution in [3.8, 4) is 0 Å². The zero-order valence-electron chi connectivity index (χ0n) is 15.6. The van der Waals surface area contributed by atoms with Crippen LogP contribution in [0.25, 0.3) is 0 Å². The summed E-state index contributed by atoms with van der Waals surface area (Å²) in [6.45, 7) is 6.42. The Morgan fingerprint density at radius 1 is 1.16 bits per heavy atom. The number of rotatable bonds is 3. The van der Waals surface area contributed by atoms with Crippen LogP contribution in [0.2, 0.25) is 0 Å². The smallest absolute Gasteiger partial charge is 0.408 e. The topological polar surface area (TPSA) is 96.5 Å². The van der Waals surface area contributed by atoms with Crippen LogP contribution in [0.1, 0.15) is 65.7 Å². The zero-order chi connectivity index (χ0) is 18.5. The normalized spacial score (nSPS) is 24.1. The van der Waals surface area contributed by atoms with Gasteiger partial charge in [0.25, 0.3) is 0 Å². The number of nitrogens with one attached hydrogen (secondary N) is 3. The predicted octanol–water partition coefficient (Wildman–Crippen LogP) is 1.65. The fourth-order valence-electron chi connectivity index (χ4n) is 3.44. The van der Waals surface area contributed by atoms with E-state index in [1.54, 1.807) is 20.8 Å². The molecule has 1 saturated heterocycles. The molecule has 0 aromatic carbocycles. The van der Waals surface area contributed by atoms with Crippen LogP contribution in [-0.4, -0.2) is 48.1 Å². The van der Waals surface area contributed by atoms with Gasteiger partial charge >= 0.3 is 6.09 Å². The highest BCUT2D eigenvalue weighted by Gasteiger charge is 2.43. The minimum absolute atomic E-state index is 0.00548. The number of amides is 2. The average Bonchev–Trinajstić information content (AvgIpc) is 2.71. The minimum atomic E-state index is -0.986. The maximum absolute atomic E-state index is 13.0. The van der Waals surface area contributed by atoms with E-state index in [0.717, 1.165) is 32.2 Å². The van der Waals surface area contributed by atoms with Gasteiger partial charge in [-0.05, 0) is 53.0 Å². The van der Waals surface area contributed by atoms with E-state index in [1.807, 2.05) is 0 Å². The molecule has 1 aliphatic heterocycles. The van der Waals surface area contributed by atoms with Crippen LogP contribution < -0.4 is 16.0 Å². The van der Waals surface area contributed by atoms with E-state index in [-0.39, 0.29) is 18.2 Å². The van der Waals surface area contributed by atoms with Gasteiger partial charge in [-0.1, -0.05) is 19.3 Å². The second-order valence-electron chi connectivity index (χ2n) is 8.08. The van der Waals surface area contributed by atoms with Crippen LogP contribution in [0.4, 0.5) is 4.79 Å². The molecule has 0 spiro atoms. The van der Waals surface area contributed by atoms with E-state index in [1.165, 1.54) is 0 Å². The van der Waals surface area contributed by atoms with Crippen LogP contribution in [0.3, 0.4) is 0 Å². The summed E-state index contributed by atoms with van der Waals surface area (Å²) in [5.74, 6) is -0.271. The van der Waals surface area contributed by atoms with Crippen molar-refractivity contribution in [2.45, 2.75) is 82.9 Å². The van der Waals surface area contributed by atoms with Gasteiger partial charge in [0.05, 0.1) is 12.6 Å². The fourth-order valence-corrected chi connectivity index (χ4v) is 3.44. The number of Topliss-reactive ketones (excluding diaryl/α,β-unsaturated/α-hetero) is 1. The molecule has 0 radical (unpaired) electrons. The third-order valence-electron chi connectivity index (χ3n) is 4.72. The molecule has 1 heterocycles. The Bertz CT molecular complexity index is 507.